The second-order valence-corrected chi connectivity index (χ2v) is 7.32. The zero-order chi connectivity index (χ0) is 23.9. The van der Waals surface area contributed by atoms with Crippen LogP contribution in [0.15, 0.2) is 0 Å². The zero-order valence-corrected chi connectivity index (χ0v) is 16.0. The first kappa shape index (κ1) is 26.1. The second-order valence-electron chi connectivity index (χ2n) is 7.32. The third kappa shape index (κ3) is 5.03. The molecule has 0 aromatic carbocycles. The summed E-state index contributed by atoms with van der Waals surface area (Å²) in [7, 11) is 0.801. The summed E-state index contributed by atoms with van der Waals surface area (Å²) >= 11 is 0. The fourth-order valence-corrected chi connectivity index (χ4v) is 2.70. The Morgan fingerprint density at radius 3 is 1.63 bits per heavy atom. The molecule has 1 heterocycles. The van der Waals surface area contributed by atoms with E-state index in [0.717, 1.165) is 7.11 Å². The highest BCUT2D eigenvalue weighted by Gasteiger charge is 2.86. The van der Waals surface area contributed by atoms with Crippen molar-refractivity contribution in [3.63, 3.8) is 0 Å². The SMILES string of the molecule is COC(=O)[C@@H]1C[C@@H](OC(C(F)(F)F)(C(F)(F)F)C(F)(F)F)CN1C(=O)OC(C)(C)C. The van der Waals surface area contributed by atoms with E-state index in [0.29, 0.717) is 4.90 Å². The Balaban J connectivity index is 3.36. The van der Waals surface area contributed by atoms with Gasteiger partial charge in [-0.3, -0.25) is 4.90 Å². The van der Waals surface area contributed by atoms with Gasteiger partial charge in [0.2, 0.25) is 0 Å². The molecule has 0 N–H and O–H groups in total. The van der Waals surface area contributed by atoms with Gasteiger partial charge >= 0.3 is 36.2 Å². The molecule has 0 bridgehead atoms. The molecule has 2 atom stereocenters. The van der Waals surface area contributed by atoms with Crippen LogP contribution < -0.4 is 0 Å². The number of esters is 1. The van der Waals surface area contributed by atoms with Crippen molar-refractivity contribution in [1.82, 2.24) is 4.90 Å². The fourth-order valence-electron chi connectivity index (χ4n) is 2.70. The highest BCUT2D eigenvalue weighted by Crippen LogP contribution is 2.55. The summed E-state index contributed by atoms with van der Waals surface area (Å²) in [5, 5.41) is 0. The Hall–Kier alpha value is -1.93. The van der Waals surface area contributed by atoms with Crippen molar-refractivity contribution in [3.05, 3.63) is 0 Å². The smallest absolute Gasteiger partial charge is 0.435 e. The maximum absolute atomic E-state index is 13.1. The lowest BCUT2D eigenvalue weighted by Gasteiger charge is -2.39. The van der Waals surface area contributed by atoms with Crippen LogP contribution in [-0.4, -0.2) is 72.5 Å². The lowest BCUT2D eigenvalue weighted by Crippen LogP contribution is -2.68. The number of ether oxygens (including phenoxy) is 3. The molecule has 0 unspecified atom stereocenters. The van der Waals surface area contributed by atoms with E-state index in [1.165, 1.54) is 20.8 Å². The van der Waals surface area contributed by atoms with E-state index in [2.05, 4.69) is 9.47 Å². The van der Waals surface area contributed by atoms with Crippen LogP contribution in [0.2, 0.25) is 0 Å². The van der Waals surface area contributed by atoms with E-state index in [4.69, 9.17) is 4.74 Å². The fraction of sp³-hybridized carbons (Fsp3) is 0.867. The number of hydrogen-bond acceptors (Lipinski definition) is 5. The van der Waals surface area contributed by atoms with Gasteiger partial charge < -0.3 is 14.2 Å². The average molecular weight is 463 g/mol. The number of methoxy groups -OCH3 is 1. The number of likely N-dealkylation sites (tertiary alicyclic amines) is 1. The summed E-state index contributed by atoms with van der Waals surface area (Å²) in [6, 6.07) is -1.82. The van der Waals surface area contributed by atoms with Crippen molar-refractivity contribution >= 4 is 12.1 Å². The van der Waals surface area contributed by atoms with E-state index in [-0.39, 0.29) is 0 Å². The van der Waals surface area contributed by atoms with E-state index in [1.54, 1.807) is 0 Å². The zero-order valence-electron chi connectivity index (χ0n) is 16.0. The van der Waals surface area contributed by atoms with Gasteiger partial charge in [-0.15, -0.1) is 0 Å². The van der Waals surface area contributed by atoms with E-state index >= 15 is 0 Å². The van der Waals surface area contributed by atoms with Gasteiger partial charge in [0.05, 0.1) is 19.8 Å². The van der Waals surface area contributed by atoms with Crippen molar-refractivity contribution in [2.45, 2.75) is 69.1 Å². The molecule has 0 aliphatic carbocycles. The topological polar surface area (TPSA) is 65.1 Å². The van der Waals surface area contributed by atoms with Crippen molar-refractivity contribution in [1.29, 1.82) is 0 Å². The molecule has 1 aliphatic heterocycles. The first-order chi connectivity index (χ1) is 13.2. The molecule has 0 spiro atoms. The lowest BCUT2D eigenvalue weighted by molar-refractivity contribution is -0.463. The standard InChI is InChI=1S/C15H18F9NO5/c1-11(2,3)30-10(27)25-6-7(5-8(25)9(26)28-4)29-12(13(16,17)18,14(19,20)21)15(22,23)24/h7-8H,5-6H2,1-4H3/t7-,8+/m1/s1. The first-order valence-corrected chi connectivity index (χ1v) is 8.13. The number of rotatable bonds is 3. The van der Waals surface area contributed by atoms with Crippen LogP contribution in [0.1, 0.15) is 27.2 Å². The van der Waals surface area contributed by atoms with Crippen LogP contribution in [0.4, 0.5) is 44.3 Å². The number of carbonyl (C=O) groups is 2. The molecule has 0 aromatic heterocycles. The van der Waals surface area contributed by atoms with Gasteiger partial charge in [-0.1, -0.05) is 0 Å². The summed E-state index contributed by atoms with van der Waals surface area (Å²) in [5.74, 6) is -1.29. The number of amides is 1. The molecule has 1 saturated heterocycles. The van der Waals surface area contributed by atoms with Crippen LogP contribution >= 0.6 is 0 Å². The largest absolute Gasteiger partial charge is 0.467 e. The summed E-state index contributed by atoms with van der Waals surface area (Å²) < 4.78 is 130. The number of halogens is 9. The molecule has 30 heavy (non-hydrogen) atoms. The Bertz CT molecular complexity index is 615. The van der Waals surface area contributed by atoms with Gasteiger partial charge in [0.15, 0.2) is 0 Å². The summed E-state index contributed by atoms with van der Waals surface area (Å²) in [6.45, 7) is 2.89. The third-order valence-corrected chi connectivity index (χ3v) is 3.91. The molecule has 0 saturated carbocycles. The van der Waals surface area contributed by atoms with E-state index < -0.39 is 66.9 Å². The molecule has 1 rings (SSSR count). The summed E-state index contributed by atoms with van der Waals surface area (Å²) in [6.07, 6.45) is -25.8. The Labute approximate surface area is 164 Å². The van der Waals surface area contributed by atoms with Crippen LogP contribution in [0.3, 0.4) is 0 Å². The molecule has 176 valence electrons. The minimum absolute atomic E-state index is 0.357. The highest BCUT2D eigenvalue weighted by atomic mass is 19.4. The van der Waals surface area contributed by atoms with Gasteiger partial charge in [-0.2, -0.15) is 39.5 Å². The first-order valence-electron chi connectivity index (χ1n) is 8.13. The van der Waals surface area contributed by atoms with Crippen molar-refractivity contribution < 1.29 is 63.3 Å². The van der Waals surface area contributed by atoms with Crippen molar-refractivity contribution in [2.75, 3.05) is 13.7 Å². The van der Waals surface area contributed by atoms with Gasteiger partial charge in [0, 0.05) is 6.42 Å². The molecule has 1 aliphatic rings. The van der Waals surface area contributed by atoms with Gasteiger partial charge in [-0.05, 0) is 20.8 Å². The maximum atomic E-state index is 13.1. The summed E-state index contributed by atoms with van der Waals surface area (Å²) in [5.41, 5.74) is -7.72. The Kier molecular flexibility index (Phi) is 6.93. The Morgan fingerprint density at radius 2 is 1.30 bits per heavy atom. The van der Waals surface area contributed by atoms with Gasteiger partial charge in [-0.25, -0.2) is 9.59 Å². The monoisotopic (exact) mass is 463 g/mol. The molecule has 15 heteroatoms. The number of nitrogens with zero attached hydrogens (tertiary/aromatic N) is 1. The second kappa shape index (κ2) is 7.96. The Morgan fingerprint density at radius 1 is 0.867 bits per heavy atom. The number of carbonyl (C=O) groups excluding carboxylic acids is 2. The summed E-state index contributed by atoms with van der Waals surface area (Å²) in [4.78, 5) is 24.3. The molecule has 1 amide bonds. The maximum Gasteiger partial charge on any atom is 0.435 e. The van der Waals surface area contributed by atoms with Crippen LogP contribution in [-0.2, 0) is 19.0 Å². The number of hydrogen-bond donors (Lipinski definition) is 0. The average Bonchev–Trinajstić information content (AvgIpc) is 2.90. The number of alkyl halides is 9. The minimum atomic E-state index is -6.94. The van der Waals surface area contributed by atoms with Crippen LogP contribution in [0, 0.1) is 0 Å². The lowest BCUT2D eigenvalue weighted by atomic mass is 10.0. The quantitative estimate of drug-likeness (QED) is 0.468. The van der Waals surface area contributed by atoms with E-state index in [9.17, 15) is 49.1 Å². The molecule has 0 aromatic rings. The molecule has 6 nitrogen and oxygen atoms in total. The normalized spacial score (nSPS) is 21.6. The highest BCUT2D eigenvalue weighted by molar-refractivity contribution is 5.82. The predicted molar refractivity (Wildman–Crippen MR) is 79.1 cm³/mol. The van der Waals surface area contributed by atoms with Crippen LogP contribution in [0.25, 0.3) is 0 Å². The van der Waals surface area contributed by atoms with Gasteiger partial charge in [0.1, 0.15) is 11.6 Å². The molecular weight excluding hydrogens is 445 g/mol. The molecule has 1 fully saturated rings. The minimum Gasteiger partial charge on any atom is -0.467 e. The molecular formula is C15H18F9NO5. The van der Waals surface area contributed by atoms with Gasteiger partial charge in [0.25, 0.3) is 0 Å². The van der Waals surface area contributed by atoms with Crippen LogP contribution in [0.5, 0.6) is 0 Å². The predicted octanol–water partition coefficient (Wildman–Crippen LogP) is 3.98. The van der Waals surface area contributed by atoms with E-state index in [1.807, 2.05) is 0 Å². The molecule has 0 radical (unpaired) electrons. The third-order valence-electron chi connectivity index (χ3n) is 3.91. The van der Waals surface area contributed by atoms with Crippen molar-refractivity contribution in [3.8, 4) is 0 Å². The van der Waals surface area contributed by atoms with Crippen molar-refractivity contribution in [2.24, 2.45) is 0 Å².